The Labute approximate surface area is 141 Å². The Balaban J connectivity index is 1.69. The summed E-state index contributed by atoms with van der Waals surface area (Å²) < 4.78 is 0. The minimum Gasteiger partial charge on any atom is -0.0619 e. The highest BCUT2D eigenvalue weighted by Gasteiger charge is 2.24. The fourth-order valence-corrected chi connectivity index (χ4v) is 4.67. The predicted molar refractivity (Wildman–Crippen MR) is 100 cm³/mol. The summed E-state index contributed by atoms with van der Waals surface area (Å²) in [5, 5.41) is 2.85. The highest BCUT2D eigenvalue weighted by molar-refractivity contribution is 6.05. The summed E-state index contributed by atoms with van der Waals surface area (Å²) in [6, 6.07) is 27.1. The van der Waals surface area contributed by atoms with Crippen LogP contribution in [0.3, 0.4) is 0 Å². The van der Waals surface area contributed by atoms with E-state index >= 15 is 0 Å². The van der Waals surface area contributed by atoms with Crippen LogP contribution in [0.25, 0.3) is 33.0 Å². The monoisotopic (exact) mass is 304 g/mol. The molecule has 0 aromatic heterocycles. The van der Waals surface area contributed by atoms with E-state index in [9.17, 15) is 0 Å². The Morgan fingerprint density at radius 1 is 0.458 bits per heavy atom. The van der Waals surface area contributed by atoms with E-state index in [4.69, 9.17) is 0 Å². The molecule has 2 aliphatic carbocycles. The molecule has 4 aromatic carbocycles. The van der Waals surface area contributed by atoms with Gasteiger partial charge in [-0.1, -0.05) is 72.8 Å². The van der Waals surface area contributed by atoms with Gasteiger partial charge < -0.3 is 0 Å². The largest absolute Gasteiger partial charge is 0.0619 e. The first kappa shape index (κ1) is 12.5. The molecule has 0 bridgehead atoms. The van der Waals surface area contributed by atoms with Crippen LogP contribution in [0.1, 0.15) is 22.3 Å². The van der Waals surface area contributed by atoms with Gasteiger partial charge in [0.05, 0.1) is 0 Å². The minimum absolute atomic E-state index is 1.06. The molecule has 0 fully saturated rings. The average Bonchev–Trinajstić information content (AvgIpc) is 3.19. The number of hydrogen-bond acceptors (Lipinski definition) is 0. The molecule has 0 spiro atoms. The standard InChI is InChI=1S/C24H16/c1-3-7-18-16(6-1)14-23-20(18)11-12-22-21(23)10-9-17-13-15-5-2-4-8-19(15)24(17)22/h1-12H,13-14H2. The average molecular weight is 304 g/mol. The van der Waals surface area contributed by atoms with E-state index in [0.717, 1.165) is 12.8 Å². The third kappa shape index (κ3) is 1.48. The first-order valence-electron chi connectivity index (χ1n) is 8.64. The lowest BCUT2D eigenvalue weighted by Gasteiger charge is -2.11. The van der Waals surface area contributed by atoms with E-state index < -0.39 is 0 Å². The third-order valence-corrected chi connectivity index (χ3v) is 5.74. The van der Waals surface area contributed by atoms with Crippen molar-refractivity contribution in [1.29, 1.82) is 0 Å². The lowest BCUT2D eigenvalue weighted by Crippen LogP contribution is -1.88. The maximum Gasteiger partial charge on any atom is -0.000728 e. The molecule has 0 unspecified atom stereocenters. The maximum atomic E-state index is 2.35. The molecule has 0 aliphatic heterocycles. The SMILES string of the molecule is c1ccc2c(c1)Cc1c-2ccc2c3c(ccc12)Cc1ccccc1-3. The van der Waals surface area contributed by atoms with E-state index in [1.165, 1.54) is 55.3 Å². The summed E-state index contributed by atoms with van der Waals surface area (Å²) in [5.41, 5.74) is 11.6. The molecule has 0 heteroatoms. The fraction of sp³-hybridized carbons (Fsp3) is 0.0833. The van der Waals surface area contributed by atoms with E-state index in [0.29, 0.717) is 0 Å². The zero-order chi connectivity index (χ0) is 15.7. The Hall–Kier alpha value is -2.86. The predicted octanol–water partition coefficient (Wildman–Crippen LogP) is 5.98. The molecule has 0 N–H and O–H groups in total. The third-order valence-electron chi connectivity index (χ3n) is 5.74. The van der Waals surface area contributed by atoms with Crippen molar-refractivity contribution in [3.8, 4) is 22.3 Å². The number of rotatable bonds is 0. The Morgan fingerprint density at radius 3 is 2.04 bits per heavy atom. The second-order valence-electron chi connectivity index (χ2n) is 6.95. The van der Waals surface area contributed by atoms with Gasteiger partial charge in [-0.15, -0.1) is 0 Å². The number of benzene rings is 4. The Morgan fingerprint density at radius 2 is 1.17 bits per heavy atom. The number of hydrogen-bond donors (Lipinski definition) is 0. The van der Waals surface area contributed by atoms with Crippen LogP contribution in [0.2, 0.25) is 0 Å². The summed E-state index contributed by atoms with van der Waals surface area (Å²) in [6.45, 7) is 0. The van der Waals surface area contributed by atoms with Crippen molar-refractivity contribution in [2.75, 3.05) is 0 Å². The van der Waals surface area contributed by atoms with Crippen molar-refractivity contribution in [2.24, 2.45) is 0 Å². The molecule has 6 rings (SSSR count). The van der Waals surface area contributed by atoms with Crippen LogP contribution in [-0.4, -0.2) is 0 Å². The minimum atomic E-state index is 1.06. The smallest absolute Gasteiger partial charge is 0.000728 e. The normalized spacial score (nSPS) is 13.5. The van der Waals surface area contributed by atoms with Gasteiger partial charge in [-0.2, -0.15) is 0 Å². The molecule has 0 saturated carbocycles. The summed E-state index contributed by atoms with van der Waals surface area (Å²) in [6.07, 6.45) is 2.13. The molecule has 0 nitrogen and oxygen atoms in total. The van der Waals surface area contributed by atoms with Gasteiger partial charge in [0.15, 0.2) is 0 Å². The quantitative estimate of drug-likeness (QED) is 0.324. The van der Waals surface area contributed by atoms with Crippen LogP contribution < -0.4 is 0 Å². The van der Waals surface area contributed by atoms with Crippen molar-refractivity contribution in [3.63, 3.8) is 0 Å². The number of fused-ring (bicyclic) bond motifs is 9. The molecule has 0 atom stereocenters. The van der Waals surface area contributed by atoms with Gasteiger partial charge in [0, 0.05) is 0 Å². The van der Waals surface area contributed by atoms with Gasteiger partial charge in [0.1, 0.15) is 0 Å². The van der Waals surface area contributed by atoms with Gasteiger partial charge in [0.25, 0.3) is 0 Å². The van der Waals surface area contributed by atoms with Crippen LogP contribution in [0.4, 0.5) is 0 Å². The molecule has 0 radical (unpaired) electrons. The van der Waals surface area contributed by atoms with Gasteiger partial charge in [-0.25, -0.2) is 0 Å². The molecule has 0 heterocycles. The van der Waals surface area contributed by atoms with Crippen LogP contribution >= 0.6 is 0 Å². The van der Waals surface area contributed by atoms with E-state index in [1.54, 1.807) is 0 Å². The molecular weight excluding hydrogens is 288 g/mol. The van der Waals surface area contributed by atoms with Crippen molar-refractivity contribution in [3.05, 3.63) is 95.1 Å². The first-order valence-corrected chi connectivity index (χ1v) is 8.64. The first-order chi connectivity index (χ1) is 11.9. The van der Waals surface area contributed by atoms with Crippen molar-refractivity contribution < 1.29 is 0 Å². The lowest BCUT2D eigenvalue weighted by molar-refractivity contribution is 1.26. The summed E-state index contributed by atoms with van der Waals surface area (Å²) >= 11 is 0. The molecule has 2 aliphatic rings. The molecular formula is C24H16. The second kappa shape index (κ2) is 4.36. The topological polar surface area (TPSA) is 0 Å². The summed E-state index contributed by atoms with van der Waals surface area (Å²) in [4.78, 5) is 0. The molecule has 112 valence electrons. The van der Waals surface area contributed by atoms with E-state index in [1.807, 2.05) is 0 Å². The van der Waals surface area contributed by atoms with Gasteiger partial charge >= 0.3 is 0 Å². The molecule has 0 saturated heterocycles. The van der Waals surface area contributed by atoms with Gasteiger partial charge in [-0.3, -0.25) is 0 Å². The highest BCUT2D eigenvalue weighted by atomic mass is 14.3. The van der Waals surface area contributed by atoms with Crippen LogP contribution in [-0.2, 0) is 12.8 Å². The van der Waals surface area contributed by atoms with Crippen LogP contribution in [0.5, 0.6) is 0 Å². The Kier molecular flexibility index (Phi) is 2.28. The van der Waals surface area contributed by atoms with Crippen LogP contribution in [0, 0.1) is 0 Å². The van der Waals surface area contributed by atoms with Crippen molar-refractivity contribution in [2.45, 2.75) is 12.8 Å². The van der Waals surface area contributed by atoms with Gasteiger partial charge in [0.2, 0.25) is 0 Å². The summed E-state index contributed by atoms with van der Waals surface area (Å²) in [7, 11) is 0. The van der Waals surface area contributed by atoms with Crippen LogP contribution in [0.15, 0.2) is 72.8 Å². The second-order valence-corrected chi connectivity index (χ2v) is 6.95. The molecule has 0 amide bonds. The van der Waals surface area contributed by atoms with Crippen molar-refractivity contribution in [1.82, 2.24) is 0 Å². The lowest BCUT2D eigenvalue weighted by atomic mass is 9.93. The van der Waals surface area contributed by atoms with E-state index in [-0.39, 0.29) is 0 Å². The fourth-order valence-electron chi connectivity index (χ4n) is 4.67. The molecule has 24 heavy (non-hydrogen) atoms. The Bertz CT molecular complexity index is 1150. The molecule has 4 aromatic rings. The zero-order valence-electron chi connectivity index (χ0n) is 13.3. The summed E-state index contributed by atoms with van der Waals surface area (Å²) in [5.74, 6) is 0. The van der Waals surface area contributed by atoms with Crippen molar-refractivity contribution >= 4 is 10.8 Å². The highest BCUT2D eigenvalue weighted by Crippen LogP contribution is 2.46. The maximum absolute atomic E-state index is 2.35. The zero-order valence-corrected chi connectivity index (χ0v) is 13.3. The van der Waals surface area contributed by atoms with Gasteiger partial charge in [-0.05, 0) is 68.1 Å². The van der Waals surface area contributed by atoms with E-state index in [2.05, 4.69) is 72.8 Å².